The normalized spacial score (nSPS) is 42.4. The van der Waals surface area contributed by atoms with Crippen LogP contribution in [0.4, 0.5) is 0 Å². The lowest BCUT2D eigenvalue weighted by Gasteiger charge is -2.52. The molecule has 0 aromatic heterocycles. The molecule has 1 spiro atoms. The van der Waals surface area contributed by atoms with E-state index in [9.17, 15) is 5.11 Å². The molecule has 0 radical (unpaired) electrons. The highest BCUT2D eigenvalue weighted by Gasteiger charge is 2.60. The molecule has 0 aromatic carbocycles. The minimum Gasteiger partial charge on any atom is -0.508 e. The van der Waals surface area contributed by atoms with Crippen LogP contribution in [0.2, 0.25) is 0 Å². The first kappa shape index (κ1) is 15.0. The number of hydrogen-bond donors (Lipinski definition) is 1. The molecule has 1 N–H and O–H groups in total. The van der Waals surface area contributed by atoms with Gasteiger partial charge in [0.2, 0.25) is 0 Å². The van der Waals surface area contributed by atoms with E-state index in [1.807, 2.05) is 0 Å². The lowest BCUT2D eigenvalue weighted by Crippen LogP contribution is -2.40. The SMILES string of the molecule is CC1=C2C3=C(CCC2(C)C(C)C1)C1(C)CC=C(O)C=C1C1(CC1)C3. The van der Waals surface area contributed by atoms with E-state index in [0.29, 0.717) is 16.6 Å². The second kappa shape index (κ2) is 4.29. The van der Waals surface area contributed by atoms with E-state index in [2.05, 4.69) is 39.8 Å². The Labute approximate surface area is 146 Å². The minimum absolute atomic E-state index is 0.163. The summed E-state index contributed by atoms with van der Waals surface area (Å²) >= 11 is 0. The maximum atomic E-state index is 10.1. The van der Waals surface area contributed by atoms with Crippen molar-refractivity contribution in [3.8, 4) is 0 Å². The summed E-state index contributed by atoms with van der Waals surface area (Å²) in [5.41, 5.74) is 9.38. The Hall–Kier alpha value is -1.24. The third-order valence-corrected chi connectivity index (χ3v) is 8.47. The van der Waals surface area contributed by atoms with Crippen molar-refractivity contribution in [1.29, 1.82) is 0 Å². The summed E-state index contributed by atoms with van der Waals surface area (Å²) < 4.78 is 0. The van der Waals surface area contributed by atoms with Crippen LogP contribution in [-0.2, 0) is 0 Å². The van der Waals surface area contributed by atoms with Gasteiger partial charge in [-0.05, 0) is 97.5 Å². The van der Waals surface area contributed by atoms with Gasteiger partial charge in [0, 0.05) is 5.41 Å². The lowest BCUT2D eigenvalue weighted by molar-refractivity contribution is 0.228. The Balaban J connectivity index is 1.73. The van der Waals surface area contributed by atoms with Gasteiger partial charge in [0.25, 0.3) is 0 Å². The summed E-state index contributed by atoms with van der Waals surface area (Å²) in [5, 5.41) is 10.1. The molecule has 5 aliphatic carbocycles. The molecule has 0 bridgehead atoms. The minimum atomic E-state index is 0.163. The average molecular weight is 322 g/mol. The van der Waals surface area contributed by atoms with Crippen LogP contribution in [0.5, 0.6) is 0 Å². The second-order valence-electron chi connectivity index (χ2n) is 9.82. The monoisotopic (exact) mass is 322 g/mol. The van der Waals surface area contributed by atoms with Gasteiger partial charge in [-0.2, -0.15) is 0 Å². The van der Waals surface area contributed by atoms with Crippen molar-refractivity contribution >= 4 is 0 Å². The molecule has 0 aromatic rings. The molecule has 1 saturated carbocycles. The lowest BCUT2D eigenvalue weighted by atomic mass is 9.52. The van der Waals surface area contributed by atoms with Crippen LogP contribution in [0.15, 0.2) is 45.8 Å². The molecule has 1 heteroatoms. The summed E-state index contributed by atoms with van der Waals surface area (Å²) in [6.07, 6.45) is 12.9. The molecule has 0 amide bonds. The molecule has 3 atom stereocenters. The van der Waals surface area contributed by atoms with Gasteiger partial charge in [0.05, 0.1) is 0 Å². The fourth-order valence-corrected chi connectivity index (χ4v) is 6.82. The maximum Gasteiger partial charge on any atom is 0.111 e. The summed E-state index contributed by atoms with van der Waals surface area (Å²) in [7, 11) is 0. The quantitative estimate of drug-likeness (QED) is 0.547. The van der Waals surface area contributed by atoms with Crippen molar-refractivity contribution in [1.82, 2.24) is 0 Å². The Kier molecular flexibility index (Phi) is 2.69. The van der Waals surface area contributed by atoms with Gasteiger partial charge >= 0.3 is 0 Å². The molecule has 5 rings (SSSR count). The van der Waals surface area contributed by atoms with Crippen molar-refractivity contribution in [3.05, 3.63) is 45.8 Å². The highest BCUT2D eigenvalue weighted by Crippen LogP contribution is 2.72. The van der Waals surface area contributed by atoms with Crippen molar-refractivity contribution in [2.75, 3.05) is 0 Å². The van der Waals surface area contributed by atoms with Crippen molar-refractivity contribution in [2.45, 2.75) is 72.6 Å². The highest BCUT2D eigenvalue weighted by molar-refractivity contribution is 5.59. The van der Waals surface area contributed by atoms with Crippen LogP contribution in [0.1, 0.15) is 72.6 Å². The second-order valence-corrected chi connectivity index (χ2v) is 9.82. The molecular weight excluding hydrogens is 292 g/mol. The maximum absolute atomic E-state index is 10.1. The van der Waals surface area contributed by atoms with E-state index in [0.717, 1.165) is 12.3 Å². The highest BCUT2D eigenvalue weighted by atomic mass is 16.3. The molecule has 0 saturated heterocycles. The van der Waals surface area contributed by atoms with E-state index >= 15 is 0 Å². The Morgan fingerprint density at radius 3 is 2.62 bits per heavy atom. The van der Waals surface area contributed by atoms with E-state index < -0.39 is 0 Å². The van der Waals surface area contributed by atoms with Crippen LogP contribution in [0.3, 0.4) is 0 Å². The predicted molar refractivity (Wildman–Crippen MR) is 98.7 cm³/mol. The Morgan fingerprint density at radius 1 is 1.17 bits per heavy atom. The van der Waals surface area contributed by atoms with Gasteiger partial charge in [-0.15, -0.1) is 0 Å². The topological polar surface area (TPSA) is 20.2 Å². The summed E-state index contributed by atoms with van der Waals surface area (Å²) in [5.74, 6) is 1.29. The van der Waals surface area contributed by atoms with Gasteiger partial charge < -0.3 is 5.11 Å². The molecule has 1 nitrogen and oxygen atoms in total. The van der Waals surface area contributed by atoms with E-state index in [4.69, 9.17) is 0 Å². The Bertz CT molecular complexity index is 770. The van der Waals surface area contributed by atoms with Crippen molar-refractivity contribution in [2.24, 2.45) is 22.2 Å². The number of hydrogen-bond acceptors (Lipinski definition) is 1. The number of aliphatic hydroxyl groups is 1. The first-order valence-corrected chi connectivity index (χ1v) is 9.85. The number of allylic oxidation sites excluding steroid dienone is 7. The third-order valence-electron chi connectivity index (χ3n) is 8.47. The molecule has 0 heterocycles. The van der Waals surface area contributed by atoms with E-state index in [1.165, 1.54) is 38.5 Å². The van der Waals surface area contributed by atoms with Crippen molar-refractivity contribution < 1.29 is 5.11 Å². The van der Waals surface area contributed by atoms with Gasteiger partial charge in [0.1, 0.15) is 5.76 Å². The van der Waals surface area contributed by atoms with E-state index in [-0.39, 0.29) is 5.41 Å². The molecular formula is C23H30O. The number of rotatable bonds is 0. The Morgan fingerprint density at radius 2 is 1.92 bits per heavy atom. The third kappa shape index (κ3) is 1.62. The van der Waals surface area contributed by atoms with Crippen LogP contribution < -0.4 is 0 Å². The molecule has 24 heavy (non-hydrogen) atoms. The zero-order valence-corrected chi connectivity index (χ0v) is 15.6. The fourth-order valence-electron chi connectivity index (χ4n) is 6.82. The zero-order valence-electron chi connectivity index (χ0n) is 15.6. The summed E-state index contributed by atoms with van der Waals surface area (Å²) in [6, 6.07) is 0. The van der Waals surface area contributed by atoms with Gasteiger partial charge in [-0.25, -0.2) is 0 Å². The number of aliphatic hydroxyl groups excluding tert-OH is 1. The molecule has 5 aliphatic rings. The van der Waals surface area contributed by atoms with Crippen molar-refractivity contribution in [3.63, 3.8) is 0 Å². The van der Waals surface area contributed by atoms with Crippen LogP contribution in [0, 0.1) is 22.2 Å². The molecule has 0 aliphatic heterocycles. The predicted octanol–water partition coefficient (Wildman–Crippen LogP) is 6.40. The van der Waals surface area contributed by atoms with Crippen LogP contribution in [0.25, 0.3) is 0 Å². The molecule has 128 valence electrons. The van der Waals surface area contributed by atoms with Gasteiger partial charge in [-0.3, -0.25) is 0 Å². The van der Waals surface area contributed by atoms with E-state index in [1.54, 1.807) is 27.9 Å². The molecule has 3 unspecified atom stereocenters. The first-order valence-electron chi connectivity index (χ1n) is 9.85. The summed E-state index contributed by atoms with van der Waals surface area (Å²) in [6.45, 7) is 9.86. The average Bonchev–Trinajstić information content (AvgIpc) is 3.24. The zero-order chi connectivity index (χ0) is 16.9. The standard InChI is InChI=1S/C23H30O/c1-14-11-15(2)21(3)8-6-18-17(20(14)21)13-23(9-10-23)19-12-16(24)5-7-22(18,19)4/h5,12,15,24H,6-11,13H2,1-4H3. The number of fused-ring (bicyclic) bond motifs is 5. The van der Waals surface area contributed by atoms with Crippen LogP contribution >= 0.6 is 0 Å². The fraction of sp³-hybridized carbons (Fsp3) is 0.652. The van der Waals surface area contributed by atoms with Crippen LogP contribution in [-0.4, -0.2) is 5.11 Å². The molecule has 1 fully saturated rings. The summed E-state index contributed by atoms with van der Waals surface area (Å²) in [4.78, 5) is 0. The first-order chi connectivity index (χ1) is 11.3. The van der Waals surface area contributed by atoms with Gasteiger partial charge in [0.15, 0.2) is 0 Å². The smallest absolute Gasteiger partial charge is 0.111 e. The largest absolute Gasteiger partial charge is 0.508 e. The van der Waals surface area contributed by atoms with Gasteiger partial charge in [-0.1, -0.05) is 31.9 Å².